The maximum absolute atomic E-state index is 12.0. The molecule has 94 valence electrons. The molecule has 0 spiro atoms. The fraction of sp³-hybridized carbons (Fsp3) is 0.500. The molecule has 0 saturated carbocycles. The van der Waals surface area contributed by atoms with E-state index >= 15 is 0 Å². The first-order valence-electron chi connectivity index (χ1n) is 6.06. The third-order valence-electron chi connectivity index (χ3n) is 3.04. The summed E-state index contributed by atoms with van der Waals surface area (Å²) in [6.07, 6.45) is 1.37. The van der Waals surface area contributed by atoms with Crippen LogP contribution in [0.1, 0.15) is 25.8 Å². The van der Waals surface area contributed by atoms with Gasteiger partial charge < -0.3 is 10.1 Å². The number of benzene rings is 1. The monoisotopic (exact) mass is 235 g/mol. The van der Waals surface area contributed by atoms with Crippen molar-refractivity contribution < 1.29 is 9.53 Å². The Morgan fingerprint density at radius 1 is 1.29 bits per heavy atom. The Morgan fingerprint density at radius 3 is 2.41 bits per heavy atom. The van der Waals surface area contributed by atoms with Crippen molar-refractivity contribution in [2.75, 3.05) is 13.7 Å². The summed E-state index contributed by atoms with van der Waals surface area (Å²) >= 11 is 0. The molecule has 0 radical (unpaired) electrons. The van der Waals surface area contributed by atoms with Crippen molar-refractivity contribution in [3.05, 3.63) is 35.9 Å². The van der Waals surface area contributed by atoms with Gasteiger partial charge in [0.05, 0.1) is 7.11 Å². The zero-order valence-corrected chi connectivity index (χ0v) is 10.8. The lowest BCUT2D eigenvalue weighted by Gasteiger charge is -2.30. The highest BCUT2D eigenvalue weighted by molar-refractivity contribution is 5.81. The second-order valence-corrected chi connectivity index (χ2v) is 4.12. The van der Waals surface area contributed by atoms with Crippen molar-refractivity contribution in [2.45, 2.75) is 32.2 Å². The first kappa shape index (κ1) is 13.7. The van der Waals surface area contributed by atoms with E-state index in [0.717, 1.165) is 12.1 Å². The lowest BCUT2D eigenvalue weighted by Crippen LogP contribution is -2.54. The van der Waals surface area contributed by atoms with Gasteiger partial charge in [-0.1, -0.05) is 44.2 Å². The summed E-state index contributed by atoms with van der Waals surface area (Å²) in [6, 6.07) is 10.0. The average molecular weight is 235 g/mol. The summed E-state index contributed by atoms with van der Waals surface area (Å²) in [5.74, 6) is -0.189. The molecule has 1 N–H and O–H groups in total. The molecule has 0 amide bonds. The van der Waals surface area contributed by atoms with Crippen LogP contribution >= 0.6 is 0 Å². The van der Waals surface area contributed by atoms with E-state index in [1.807, 2.05) is 44.2 Å². The third kappa shape index (κ3) is 3.30. The highest BCUT2D eigenvalue weighted by Gasteiger charge is 2.36. The highest BCUT2D eigenvalue weighted by Crippen LogP contribution is 2.19. The van der Waals surface area contributed by atoms with Crippen LogP contribution in [0, 0.1) is 0 Å². The molecule has 1 aromatic rings. The molecule has 1 atom stereocenters. The molecular formula is C14H21NO2. The second kappa shape index (κ2) is 6.40. The zero-order chi connectivity index (χ0) is 12.7. The van der Waals surface area contributed by atoms with Gasteiger partial charge in [0.2, 0.25) is 0 Å². The SMILES string of the molecule is CCNC(CC)(Cc1ccccc1)C(=O)OC. The van der Waals surface area contributed by atoms with Crippen LogP contribution in [0.25, 0.3) is 0 Å². The van der Waals surface area contributed by atoms with Gasteiger partial charge in [0, 0.05) is 6.42 Å². The molecule has 1 aromatic carbocycles. The van der Waals surface area contributed by atoms with E-state index in [1.165, 1.54) is 7.11 Å². The molecule has 0 saturated heterocycles. The van der Waals surface area contributed by atoms with Gasteiger partial charge in [0.15, 0.2) is 0 Å². The Morgan fingerprint density at radius 2 is 1.94 bits per heavy atom. The fourth-order valence-electron chi connectivity index (χ4n) is 2.08. The van der Waals surface area contributed by atoms with E-state index in [1.54, 1.807) is 0 Å². The Hall–Kier alpha value is -1.35. The molecule has 0 aliphatic rings. The molecule has 17 heavy (non-hydrogen) atoms. The van der Waals surface area contributed by atoms with Crippen LogP contribution in [-0.2, 0) is 16.0 Å². The van der Waals surface area contributed by atoms with E-state index in [-0.39, 0.29) is 5.97 Å². The first-order chi connectivity index (χ1) is 8.18. The molecule has 0 fully saturated rings. The topological polar surface area (TPSA) is 38.3 Å². The minimum atomic E-state index is -0.606. The number of methoxy groups -OCH3 is 1. The molecule has 0 aliphatic heterocycles. The predicted octanol–water partition coefficient (Wildman–Crippen LogP) is 2.16. The molecule has 0 aliphatic carbocycles. The summed E-state index contributed by atoms with van der Waals surface area (Å²) in [4.78, 5) is 12.0. The molecule has 0 heterocycles. The summed E-state index contributed by atoms with van der Waals surface area (Å²) in [6.45, 7) is 4.75. The standard InChI is InChI=1S/C14H21NO2/c1-4-14(15-5-2,13(16)17-3)11-12-9-7-6-8-10-12/h6-10,15H,4-5,11H2,1-3H3. The maximum atomic E-state index is 12.0. The Balaban J connectivity index is 2.93. The van der Waals surface area contributed by atoms with Gasteiger partial charge >= 0.3 is 5.97 Å². The van der Waals surface area contributed by atoms with Crippen LogP contribution < -0.4 is 5.32 Å². The summed E-state index contributed by atoms with van der Waals surface area (Å²) in [5.41, 5.74) is 0.533. The van der Waals surface area contributed by atoms with E-state index in [0.29, 0.717) is 12.8 Å². The predicted molar refractivity (Wildman–Crippen MR) is 68.9 cm³/mol. The number of carbonyl (C=O) groups excluding carboxylic acids is 1. The van der Waals surface area contributed by atoms with Gasteiger partial charge in [-0.05, 0) is 18.5 Å². The Kier molecular flexibility index (Phi) is 5.16. The molecule has 3 heteroatoms. The van der Waals surface area contributed by atoms with Crippen LogP contribution in [0.5, 0.6) is 0 Å². The molecule has 0 aromatic heterocycles. The van der Waals surface area contributed by atoms with E-state index in [9.17, 15) is 4.79 Å². The zero-order valence-electron chi connectivity index (χ0n) is 10.8. The van der Waals surface area contributed by atoms with Crippen molar-refractivity contribution in [2.24, 2.45) is 0 Å². The third-order valence-corrected chi connectivity index (χ3v) is 3.04. The largest absolute Gasteiger partial charge is 0.468 e. The number of hydrogen-bond donors (Lipinski definition) is 1. The van der Waals surface area contributed by atoms with Crippen LogP contribution in [0.4, 0.5) is 0 Å². The smallest absolute Gasteiger partial charge is 0.326 e. The van der Waals surface area contributed by atoms with Crippen molar-refractivity contribution in [1.82, 2.24) is 5.32 Å². The lowest BCUT2D eigenvalue weighted by molar-refractivity contribution is -0.148. The minimum absolute atomic E-state index is 0.189. The highest BCUT2D eigenvalue weighted by atomic mass is 16.5. The summed E-state index contributed by atoms with van der Waals surface area (Å²) in [5, 5.41) is 3.27. The number of rotatable bonds is 6. The van der Waals surface area contributed by atoms with Gasteiger partial charge in [-0.25, -0.2) is 0 Å². The average Bonchev–Trinajstić information content (AvgIpc) is 2.38. The molecule has 1 rings (SSSR count). The lowest BCUT2D eigenvalue weighted by atomic mass is 9.88. The number of nitrogens with one attached hydrogen (secondary N) is 1. The van der Waals surface area contributed by atoms with Crippen LogP contribution in [0.3, 0.4) is 0 Å². The number of carbonyl (C=O) groups is 1. The van der Waals surface area contributed by atoms with E-state index < -0.39 is 5.54 Å². The first-order valence-corrected chi connectivity index (χ1v) is 6.06. The number of esters is 1. The van der Waals surface area contributed by atoms with Crippen molar-refractivity contribution >= 4 is 5.97 Å². The molecular weight excluding hydrogens is 214 g/mol. The Bertz CT molecular complexity index is 350. The van der Waals surface area contributed by atoms with Crippen molar-refractivity contribution in [3.63, 3.8) is 0 Å². The van der Waals surface area contributed by atoms with Gasteiger partial charge in [-0.2, -0.15) is 0 Å². The minimum Gasteiger partial charge on any atom is -0.468 e. The van der Waals surface area contributed by atoms with E-state index in [2.05, 4.69) is 5.32 Å². The normalized spacial score (nSPS) is 14.1. The molecule has 0 bridgehead atoms. The maximum Gasteiger partial charge on any atom is 0.326 e. The van der Waals surface area contributed by atoms with Crippen molar-refractivity contribution in [3.8, 4) is 0 Å². The number of likely N-dealkylation sites (N-methyl/N-ethyl adjacent to an activating group) is 1. The fourth-order valence-corrected chi connectivity index (χ4v) is 2.08. The second-order valence-electron chi connectivity index (χ2n) is 4.12. The quantitative estimate of drug-likeness (QED) is 0.768. The van der Waals surface area contributed by atoms with Gasteiger partial charge in [0.25, 0.3) is 0 Å². The number of hydrogen-bond acceptors (Lipinski definition) is 3. The van der Waals surface area contributed by atoms with E-state index in [4.69, 9.17) is 4.74 Å². The van der Waals surface area contributed by atoms with Crippen LogP contribution in [0.15, 0.2) is 30.3 Å². The van der Waals surface area contributed by atoms with Crippen LogP contribution in [0.2, 0.25) is 0 Å². The van der Waals surface area contributed by atoms with Crippen LogP contribution in [-0.4, -0.2) is 25.2 Å². The van der Waals surface area contributed by atoms with Gasteiger partial charge in [0.1, 0.15) is 5.54 Å². The summed E-state index contributed by atoms with van der Waals surface area (Å²) < 4.78 is 4.93. The number of ether oxygens (including phenoxy) is 1. The Labute approximate surface area is 103 Å². The molecule has 3 nitrogen and oxygen atoms in total. The van der Waals surface area contributed by atoms with Gasteiger partial charge in [-0.15, -0.1) is 0 Å². The molecule has 1 unspecified atom stereocenters. The van der Waals surface area contributed by atoms with Crippen molar-refractivity contribution in [1.29, 1.82) is 0 Å². The van der Waals surface area contributed by atoms with Gasteiger partial charge in [-0.3, -0.25) is 4.79 Å². The summed E-state index contributed by atoms with van der Waals surface area (Å²) in [7, 11) is 1.44.